The molecule has 0 aliphatic rings. The fourth-order valence-corrected chi connectivity index (χ4v) is 2.25. The van der Waals surface area contributed by atoms with Gasteiger partial charge in [0, 0.05) is 12.0 Å². The summed E-state index contributed by atoms with van der Waals surface area (Å²) < 4.78 is 37.8. The molecule has 0 radical (unpaired) electrons. The van der Waals surface area contributed by atoms with Crippen molar-refractivity contribution in [3.05, 3.63) is 59.6 Å². The molecule has 0 N–H and O–H groups in total. The Morgan fingerprint density at radius 3 is 2.71 bits per heavy atom. The number of hydrogen-bond donors (Lipinski definition) is 0. The lowest BCUT2D eigenvalue weighted by Gasteiger charge is -2.27. The first-order chi connectivity index (χ1) is 9.97. The number of ether oxygens (including phenoxy) is 1. The zero-order chi connectivity index (χ0) is 15.5. The maximum Gasteiger partial charge on any atom is 0.316 e. The number of hydrogen-bond acceptors (Lipinski definition) is 3. The van der Waals surface area contributed by atoms with Crippen LogP contribution in [0.15, 0.2) is 41.0 Å². The third-order valence-electron chi connectivity index (χ3n) is 3.36. The molecule has 1 atom stereocenters. The fraction of sp³-hybridized carbons (Fsp3) is 0.312. The highest BCUT2D eigenvalue weighted by molar-refractivity contribution is 5.83. The molecule has 0 bridgehead atoms. The zero-order valence-electron chi connectivity index (χ0n) is 11.9. The Morgan fingerprint density at radius 1 is 1.33 bits per heavy atom. The Morgan fingerprint density at radius 2 is 2.10 bits per heavy atom. The van der Waals surface area contributed by atoms with Gasteiger partial charge >= 0.3 is 5.97 Å². The fourth-order valence-electron chi connectivity index (χ4n) is 2.25. The van der Waals surface area contributed by atoms with Crippen LogP contribution in [0.1, 0.15) is 25.2 Å². The summed E-state index contributed by atoms with van der Waals surface area (Å²) >= 11 is 0. The standard InChI is InChI=1S/C16H16F2O3/c1-3-20-15(19)16(2,10-12-5-4-8-21-12)13-9-11(17)6-7-14(13)18/h4-9H,3,10H2,1-2H3. The van der Waals surface area contributed by atoms with Crippen LogP contribution in [0.3, 0.4) is 0 Å². The van der Waals surface area contributed by atoms with Crippen molar-refractivity contribution in [3.63, 3.8) is 0 Å². The molecule has 0 spiro atoms. The number of carbonyl (C=O) groups is 1. The van der Waals surface area contributed by atoms with Crippen LogP contribution in [-0.4, -0.2) is 12.6 Å². The first kappa shape index (κ1) is 15.2. The highest BCUT2D eigenvalue weighted by atomic mass is 19.1. The van der Waals surface area contributed by atoms with Crippen LogP contribution in [0.4, 0.5) is 8.78 Å². The molecule has 1 aromatic carbocycles. The lowest BCUT2D eigenvalue weighted by molar-refractivity contribution is -0.149. The smallest absolute Gasteiger partial charge is 0.316 e. The third-order valence-corrected chi connectivity index (χ3v) is 3.36. The monoisotopic (exact) mass is 294 g/mol. The van der Waals surface area contributed by atoms with Gasteiger partial charge < -0.3 is 9.15 Å². The van der Waals surface area contributed by atoms with Crippen molar-refractivity contribution in [2.75, 3.05) is 6.61 Å². The summed E-state index contributed by atoms with van der Waals surface area (Å²) in [4.78, 5) is 12.3. The van der Waals surface area contributed by atoms with Crippen LogP contribution < -0.4 is 0 Å². The van der Waals surface area contributed by atoms with Gasteiger partial charge in [-0.25, -0.2) is 8.78 Å². The van der Waals surface area contributed by atoms with Gasteiger partial charge in [-0.15, -0.1) is 0 Å². The summed E-state index contributed by atoms with van der Waals surface area (Å²) in [6, 6.07) is 6.38. The molecule has 1 aromatic heterocycles. The largest absolute Gasteiger partial charge is 0.469 e. The van der Waals surface area contributed by atoms with Gasteiger partial charge in [0.1, 0.15) is 17.4 Å². The Balaban J connectivity index is 2.49. The first-order valence-electron chi connectivity index (χ1n) is 6.62. The lowest BCUT2D eigenvalue weighted by Crippen LogP contribution is -2.37. The molecular weight excluding hydrogens is 278 g/mol. The van der Waals surface area contributed by atoms with Gasteiger partial charge in [-0.3, -0.25) is 4.79 Å². The van der Waals surface area contributed by atoms with E-state index in [0.29, 0.717) is 5.76 Å². The molecule has 0 amide bonds. The van der Waals surface area contributed by atoms with E-state index in [4.69, 9.17) is 9.15 Å². The van der Waals surface area contributed by atoms with E-state index in [9.17, 15) is 13.6 Å². The van der Waals surface area contributed by atoms with E-state index in [-0.39, 0.29) is 18.6 Å². The lowest BCUT2D eigenvalue weighted by atomic mass is 9.78. The molecule has 112 valence electrons. The van der Waals surface area contributed by atoms with Crippen molar-refractivity contribution in [2.24, 2.45) is 0 Å². The number of furan rings is 1. The second kappa shape index (κ2) is 6.08. The number of esters is 1. The SMILES string of the molecule is CCOC(=O)C(C)(Cc1ccco1)c1cc(F)ccc1F. The van der Waals surface area contributed by atoms with Gasteiger partial charge in [0.05, 0.1) is 18.3 Å². The summed E-state index contributed by atoms with van der Waals surface area (Å²) in [6.07, 6.45) is 1.54. The molecule has 2 rings (SSSR count). The average Bonchev–Trinajstić information content (AvgIpc) is 2.94. The van der Waals surface area contributed by atoms with E-state index in [1.807, 2.05) is 0 Å². The zero-order valence-corrected chi connectivity index (χ0v) is 11.9. The van der Waals surface area contributed by atoms with Crippen LogP contribution in [0.2, 0.25) is 0 Å². The van der Waals surface area contributed by atoms with Crippen molar-refractivity contribution in [1.82, 2.24) is 0 Å². The van der Waals surface area contributed by atoms with Gasteiger partial charge in [0.25, 0.3) is 0 Å². The minimum absolute atomic E-state index is 0.0441. The predicted octanol–water partition coefficient (Wildman–Crippen LogP) is 3.62. The molecule has 0 saturated heterocycles. The van der Waals surface area contributed by atoms with Gasteiger partial charge in [0.15, 0.2) is 0 Å². The van der Waals surface area contributed by atoms with Gasteiger partial charge in [-0.1, -0.05) is 0 Å². The second-order valence-electron chi connectivity index (χ2n) is 4.93. The highest BCUT2D eigenvalue weighted by Crippen LogP contribution is 2.32. The Bertz CT molecular complexity index is 622. The van der Waals surface area contributed by atoms with Crippen molar-refractivity contribution >= 4 is 5.97 Å². The Hall–Kier alpha value is -2.17. The van der Waals surface area contributed by atoms with E-state index in [1.54, 1.807) is 19.1 Å². The summed E-state index contributed by atoms with van der Waals surface area (Å²) in [5.74, 6) is -1.39. The summed E-state index contributed by atoms with van der Waals surface area (Å²) in [6.45, 7) is 3.34. The summed E-state index contributed by atoms with van der Waals surface area (Å²) in [5.41, 5.74) is -1.41. The van der Waals surface area contributed by atoms with Crippen LogP contribution in [-0.2, 0) is 21.4 Å². The number of carbonyl (C=O) groups excluding carboxylic acids is 1. The van der Waals surface area contributed by atoms with E-state index in [0.717, 1.165) is 18.2 Å². The van der Waals surface area contributed by atoms with Crippen molar-refractivity contribution in [1.29, 1.82) is 0 Å². The van der Waals surface area contributed by atoms with E-state index in [1.165, 1.54) is 13.2 Å². The van der Waals surface area contributed by atoms with Crippen LogP contribution in [0, 0.1) is 11.6 Å². The first-order valence-corrected chi connectivity index (χ1v) is 6.62. The van der Waals surface area contributed by atoms with Crippen molar-refractivity contribution < 1.29 is 22.7 Å². The molecule has 0 saturated carbocycles. The maximum absolute atomic E-state index is 14.1. The normalized spacial score (nSPS) is 13.7. The Labute approximate surface area is 121 Å². The molecule has 5 heteroatoms. The third kappa shape index (κ3) is 3.12. The average molecular weight is 294 g/mol. The van der Waals surface area contributed by atoms with Crippen LogP contribution in [0.5, 0.6) is 0 Å². The van der Waals surface area contributed by atoms with Gasteiger partial charge in [0.2, 0.25) is 0 Å². The van der Waals surface area contributed by atoms with Crippen LogP contribution in [0.25, 0.3) is 0 Å². The number of benzene rings is 1. The molecule has 21 heavy (non-hydrogen) atoms. The van der Waals surface area contributed by atoms with Crippen molar-refractivity contribution in [2.45, 2.75) is 25.7 Å². The minimum Gasteiger partial charge on any atom is -0.469 e. The van der Waals surface area contributed by atoms with Gasteiger partial charge in [-0.2, -0.15) is 0 Å². The molecule has 1 heterocycles. The minimum atomic E-state index is -1.36. The maximum atomic E-state index is 14.1. The highest BCUT2D eigenvalue weighted by Gasteiger charge is 2.40. The van der Waals surface area contributed by atoms with E-state index < -0.39 is 23.0 Å². The number of rotatable bonds is 5. The summed E-state index contributed by atoms with van der Waals surface area (Å²) in [7, 11) is 0. The summed E-state index contributed by atoms with van der Waals surface area (Å²) in [5, 5.41) is 0. The topological polar surface area (TPSA) is 39.4 Å². The molecule has 2 aromatic rings. The van der Waals surface area contributed by atoms with Gasteiger partial charge in [-0.05, 0) is 44.2 Å². The predicted molar refractivity (Wildman–Crippen MR) is 72.8 cm³/mol. The second-order valence-corrected chi connectivity index (χ2v) is 4.93. The molecule has 0 aliphatic carbocycles. The molecular formula is C16H16F2O3. The van der Waals surface area contributed by atoms with E-state index >= 15 is 0 Å². The number of halogens is 2. The molecule has 1 unspecified atom stereocenters. The Kier molecular flexibility index (Phi) is 4.40. The van der Waals surface area contributed by atoms with E-state index in [2.05, 4.69) is 0 Å². The molecule has 3 nitrogen and oxygen atoms in total. The molecule has 0 aliphatic heterocycles. The quantitative estimate of drug-likeness (QED) is 0.791. The molecule has 0 fully saturated rings. The van der Waals surface area contributed by atoms with Crippen molar-refractivity contribution in [3.8, 4) is 0 Å². The van der Waals surface area contributed by atoms with Crippen LogP contribution >= 0.6 is 0 Å².